The second kappa shape index (κ2) is 3.55. The lowest BCUT2D eigenvalue weighted by molar-refractivity contribution is 0.0449. The molecule has 0 heterocycles. The van der Waals surface area contributed by atoms with E-state index in [1.807, 2.05) is 0 Å². The van der Waals surface area contributed by atoms with Gasteiger partial charge in [-0.25, -0.2) is 0 Å². The molecular formula is C9H19NO. The molecule has 2 atom stereocenters. The van der Waals surface area contributed by atoms with E-state index in [2.05, 4.69) is 19.2 Å². The molecule has 2 unspecified atom stereocenters. The number of hydrogen-bond donors (Lipinski definition) is 2. The quantitative estimate of drug-likeness (QED) is 0.644. The van der Waals surface area contributed by atoms with E-state index in [0.29, 0.717) is 5.92 Å². The van der Waals surface area contributed by atoms with Gasteiger partial charge >= 0.3 is 0 Å². The van der Waals surface area contributed by atoms with Gasteiger partial charge in [-0.1, -0.05) is 13.8 Å². The standard InChI is InChI=1S/C9H19NO/c1-3-10-7-9(11)5-4-8(2)6-9/h8,10-11H,3-7H2,1-2H3. The van der Waals surface area contributed by atoms with Gasteiger partial charge in [0.15, 0.2) is 0 Å². The van der Waals surface area contributed by atoms with E-state index in [9.17, 15) is 5.11 Å². The van der Waals surface area contributed by atoms with Gasteiger partial charge in [0.05, 0.1) is 5.60 Å². The lowest BCUT2D eigenvalue weighted by Gasteiger charge is -2.22. The van der Waals surface area contributed by atoms with Crippen molar-refractivity contribution in [2.45, 2.75) is 38.7 Å². The number of hydrogen-bond acceptors (Lipinski definition) is 2. The zero-order valence-electron chi connectivity index (χ0n) is 7.56. The molecule has 1 rings (SSSR count). The molecule has 2 nitrogen and oxygen atoms in total. The van der Waals surface area contributed by atoms with E-state index in [1.165, 1.54) is 6.42 Å². The lowest BCUT2D eigenvalue weighted by Crippen LogP contribution is -2.38. The predicted molar refractivity (Wildman–Crippen MR) is 46.5 cm³/mol. The highest BCUT2D eigenvalue weighted by Gasteiger charge is 2.34. The maximum Gasteiger partial charge on any atom is 0.0774 e. The summed E-state index contributed by atoms with van der Waals surface area (Å²) in [5.41, 5.74) is -0.393. The van der Waals surface area contributed by atoms with Crippen LogP contribution in [-0.2, 0) is 0 Å². The van der Waals surface area contributed by atoms with Crippen molar-refractivity contribution in [3.05, 3.63) is 0 Å². The second-order valence-corrected chi connectivity index (χ2v) is 3.85. The first-order valence-corrected chi connectivity index (χ1v) is 4.59. The normalized spacial score (nSPS) is 37.9. The minimum absolute atomic E-state index is 0.393. The second-order valence-electron chi connectivity index (χ2n) is 3.85. The van der Waals surface area contributed by atoms with Gasteiger partial charge in [-0.3, -0.25) is 0 Å². The largest absolute Gasteiger partial charge is 0.389 e. The Balaban J connectivity index is 2.29. The molecule has 0 amide bonds. The molecule has 0 bridgehead atoms. The summed E-state index contributed by atoms with van der Waals surface area (Å²) in [7, 11) is 0. The predicted octanol–water partition coefficient (Wildman–Crippen LogP) is 1.15. The van der Waals surface area contributed by atoms with Crippen molar-refractivity contribution >= 4 is 0 Å². The van der Waals surface area contributed by atoms with E-state index in [0.717, 1.165) is 25.9 Å². The molecule has 1 aliphatic rings. The van der Waals surface area contributed by atoms with Crippen LogP contribution in [0.15, 0.2) is 0 Å². The Morgan fingerprint density at radius 3 is 2.82 bits per heavy atom. The van der Waals surface area contributed by atoms with Gasteiger partial charge in [-0.05, 0) is 31.7 Å². The topological polar surface area (TPSA) is 32.3 Å². The van der Waals surface area contributed by atoms with Crippen molar-refractivity contribution in [2.24, 2.45) is 5.92 Å². The van der Waals surface area contributed by atoms with E-state index in [4.69, 9.17) is 0 Å². The molecule has 1 aliphatic carbocycles. The van der Waals surface area contributed by atoms with Gasteiger partial charge in [0.1, 0.15) is 0 Å². The summed E-state index contributed by atoms with van der Waals surface area (Å²) in [5.74, 6) is 0.707. The Labute approximate surface area is 69.0 Å². The number of likely N-dealkylation sites (N-methyl/N-ethyl adjacent to an activating group) is 1. The highest BCUT2D eigenvalue weighted by Crippen LogP contribution is 2.33. The highest BCUT2D eigenvalue weighted by molar-refractivity contribution is 4.89. The third-order valence-corrected chi connectivity index (χ3v) is 2.53. The molecule has 1 saturated carbocycles. The van der Waals surface area contributed by atoms with Crippen molar-refractivity contribution < 1.29 is 5.11 Å². The number of rotatable bonds is 3. The minimum atomic E-state index is -0.393. The van der Waals surface area contributed by atoms with Gasteiger partial charge in [-0.15, -0.1) is 0 Å². The van der Waals surface area contributed by atoms with Crippen molar-refractivity contribution in [1.82, 2.24) is 5.32 Å². The molecule has 2 heteroatoms. The van der Waals surface area contributed by atoms with Crippen molar-refractivity contribution in [3.63, 3.8) is 0 Å². The SMILES string of the molecule is CCNCC1(O)CCC(C)C1. The van der Waals surface area contributed by atoms with Crippen LogP contribution in [0.25, 0.3) is 0 Å². The van der Waals surface area contributed by atoms with Crippen LogP contribution in [0.1, 0.15) is 33.1 Å². The minimum Gasteiger partial charge on any atom is -0.389 e. The van der Waals surface area contributed by atoms with Crippen LogP contribution in [0, 0.1) is 5.92 Å². The Morgan fingerprint density at radius 2 is 2.36 bits per heavy atom. The molecule has 0 radical (unpaired) electrons. The highest BCUT2D eigenvalue weighted by atomic mass is 16.3. The molecule has 0 aromatic rings. The van der Waals surface area contributed by atoms with Crippen LogP contribution >= 0.6 is 0 Å². The Kier molecular flexibility index (Phi) is 2.90. The molecule has 0 aromatic heterocycles. The van der Waals surface area contributed by atoms with Gasteiger partial charge < -0.3 is 10.4 Å². The molecule has 0 aliphatic heterocycles. The van der Waals surface area contributed by atoms with Crippen molar-refractivity contribution in [1.29, 1.82) is 0 Å². The van der Waals surface area contributed by atoms with Crippen LogP contribution in [0.4, 0.5) is 0 Å². The van der Waals surface area contributed by atoms with E-state index in [1.54, 1.807) is 0 Å². The van der Waals surface area contributed by atoms with Crippen LogP contribution in [0.2, 0.25) is 0 Å². The monoisotopic (exact) mass is 157 g/mol. The van der Waals surface area contributed by atoms with Crippen molar-refractivity contribution in [3.8, 4) is 0 Å². The van der Waals surface area contributed by atoms with Crippen LogP contribution in [0.3, 0.4) is 0 Å². The van der Waals surface area contributed by atoms with Gasteiger partial charge in [0.25, 0.3) is 0 Å². The van der Waals surface area contributed by atoms with Crippen LogP contribution < -0.4 is 5.32 Å². The third kappa shape index (κ3) is 2.46. The molecule has 11 heavy (non-hydrogen) atoms. The average Bonchev–Trinajstić information content (AvgIpc) is 2.28. The van der Waals surface area contributed by atoms with Gasteiger partial charge in [-0.2, -0.15) is 0 Å². The number of aliphatic hydroxyl groups is 1. The smallest absolute Gasteiger partial charge is 0.0774 e. The maximum atomic E-state index is 9.93. The maximum absolute atomic E-state index is 9.93. The summed E-state index contributed by atoms with van der Waals surface area (Å²) in [6.07, 6.45) is 3.13. The fourth-order valence-electron chi connectivity index (χ4n) is 1.89. The van der Waals surface area contributed by atoms with Crippen LogP contribution in [-0.4, -0.2) is 23.8 Å². The zero-order valence-corrected chi connectivity index (χ0v) is 7.56. The third-order valence-electron chi connectivity index (χ3n) is 2.53. The lowest BCUT2D eigenvalue weighted by atomic mass is 10.0. The summed E-state index contributed by atoms with van der Waals surface area (Å²) < 4.78 is 0. The molecule has 0 aromatic carbocycles. The zero-order chi connectivity index (χ0) is 8.32. The first-order valence-electron chi connectivity index (χ1n) is 4.59. The fraction of sp³-hybridized carbons (Fsp3) is 1.00. The summed E-state index contributed by atoms with van der Waals surface area (Å²) >= 11 is 0. The van der Waals surface area contributed by atoms with Crippen LogP contribution in [0.5, 0.6) is 0 Å². The first-order chi connectivity index (χ1) is 5.16. The Hall–Kier alpha value is -0.0800. The van der Waals surface area contributed by atoms with Gasteiger partial charge in [0.2, 0.25) is 0 Å². The molecule has 2 N–H and O–H groups in total. The van der Waals surface area contributed by atoms with Gasteiger partial charge in [0, 0.05) is 6.54 Å². The first kappa shape index (κ1) is 9.01. The number of nitrogens with one attached hydrogen (secondary N) is 1. The Morgan fingerprint density at radius 1 is 1.64 bits per heavy atom. The fourth-order valence-corrected chi connectivity index (χ4v) is 1.89. The molecular weight excluding hydrogens is 138 g/mol. The van der Waals surface area contributed by atoms with E-state index < -0.39 is 5.60 Å². The molecule has 1 fully saturated rings. The molecule has 0 spiro atoms. The summed E-state index contributed by atoms with van der Waals surface area (Å²) in [5, 5.41) is 13.1. The average molecular weight is 157 g/mol. The molecule has 0 saturated heterocycles. The summed E-state index contributed by atoms with van der Waals surface area (Å²) in [6, 6.07) is 0. The molecule has 66 valence electrons. The summed E-state index contributed by atoms with van der Waals surface area (Å²) in [6.45, 7) is 6.01. The summed E-state index contributed by atoms with van der Waals surface area (Å²) in [4.78, 5) is 0. The van der Waals surface area contributed by atoms with Crippen molar-refractivity contribution in [2.75, 3.05) is 13.1 Å². The van der Waals surface area contributed by atoms with E-state index in [-0.39, 0.29) is 0 Å². The van der Waals surface area contributed by atoms with E-state index >= 15 is 0 Å². The Bertz CT molecular complexity index is 127.